The lowest BCUT2D eigenvalue weighted by Crippen LogP contribution is -2.06. The van der Waals surface area contributed by atoms with Gasteiger partial charge in [-0.3, -0.25) is 4.79 Å². The number of carbonyl (C=O) groups excluding carboxylic acids is 1. The molecule has 19 heavy (non-hydrogen) atoms. The maximum atomic E-state index is 12.5. The highest BCUT2D eigenvalue weighted by Crippen LogP contribution is 2.30. The van der Waals surface area contributed by atoms with Gasteiger partial charge in [-0.25, -0.2) is 0 Å². The van der Waals surface area contributed by atoms with Gasteiger partial charge < -0.3 is 9.84 Å². The molecule has 0 saturated carbocycles. The number of methoxy groups -OCH3 is 1. The summed E-state index contributed by atoms with van der Waals surface area (Å²) in [4.78, 5) is 10.8. The van der Waals surface area contributed by atoms with Crippen molar-refractivity contribution in [2.45, 2.75) is 19.2 Å². The van der Waals surface area contributed by atoms with E-state index < -0.39 is 24.3 Å². The van der Waals surface area contributed by atoms with Crippen LogP contribution >= 0.6 is 0 Å². The third-order valence-electron chi connectivity index (χ3n) is 2.29. The molecule has 1 aromatic carbocycles. The van der Waals surface area contributed by atoms with E-state index in [0.717, 1.165) is 12.1 Å². The second kappa shape index (κ2) is 6.25. The molecule has 6 heteroatoms. The highest BCUT2D eigenvalue weighted by molar-refractivity contribution is 5.72. The van der Waals surface area contributed by atoms with Gasteiger partial charge in [0.25, 0.3) is 0 Å². The van der Waals surface area contributed by atoms with E-state index in [1.54, 1.807) is 0 Å². The fourth-order valence-electron chi connectivity index (χ4n) is 1.31. The first-order chi connectivity index (χ1) is 8.88. The van der Waals surface area contributed by atoms with E-state index in [0.29, 0.717) is 0 Å². The Hall–Kier alpha value is -2.00. The van der Waals surface area contributed by atoms with Crippen molar-refractivity contribution in [1.82, 2.24) is 0 Å². The first-order valence-electron chi connectivity index (χ1n) is 5.25. The molecule has 0 saturated heterocycles. The summed E-state index contributed by atoms with van der Waals surface area (Å²) in [5, 5.41) is 9.04. The summed E-state index contributed by atoms with van der Waals surface area (Å²) in [5.41, 5.74) is -0.540. The zero-order valence-corrected chi connectivity index (χ0v) is 10.0. The molecule has 102 valence electrons. The van der Waals surface area contributed by atoms with Crippen molar-refractivity contribution in [3.63, 3.8) is 0 Å². The van der Waals surface area contributed by atoms with Gasteiger partial charge in [0.1, 0.15) is 6.42 Å². The van der Waals surface area contributed by atoms with Crippen LogP contribution in [0.4, 0.5) is 13.2 Å². The Morgan fingerprint density at radius 1 is 1.42 bits per heavy atom. The van der Waals surface area contributed by atoms with Gasteiger partial charge in [0.15, 0.2) is 0 Å². The lowest BCUT2D eigenvalue weighted by Gasteiger charge is -2.09. The predicted octanol–water partition coefficient (Wildman–Crippen LogP) is 2.11. The monoisotopic (exact) mass is 272 g/mol. The molecule has 0 atom stereocenters. The Kier molecular flexibility index (Phi) is 4.95. The van der Waals surface area contributed by atoms with Crippen LogP contribution in [-0.2, 0) is 22.3 Å². The maximum absolute atomic E-state index is 12.5. The minimum atomic E-state index is -4.47. The second-order valence-electron chi connectivity index (χ2n) is 3.58. The number of hydrogen-bond acceptors (Lipinski definition) is 3. The molecule has 0 heterocycles. The molecule has 1 N–H and O–H groups in total. The average Bonchev–Trinajstić information content (AvgIpc) is 2.37. The number of ether oxygens (including phenoxy) is 1. The van der Waals surface area contributed by atoms with Crippen LogP contribution in [0.2, 0.25) is 0 Å². The molecule has 0 radical (unpaired) electrons. The topological polar surface area (TPSA) is 46.5 Å². The molecule has 3 nitrogen and oxygen atoms in total. The molecule has 0 aliphatic heterocycles. The fraction of sp³-hybridized carbons (Fsp3) is 0.308. The van der Waals surface area contributed by atoms with Gasteiger partial charge in [-0.1, -0.05) is 11.8 Å². The van der Waals surface area contributed by atoms with E-state index >= 15 is 0 Å². The van der Waals surface area contributed by atoms with Crippen molar-refractivity contribution in [1.29, 1.82) is 0 Å². The minimum absolute atomic E-state index is 0.0622. The Balaban J connectivity index is 3.00. The highest BCUT2D eigenvalue weighted by Gasteiger charge is 2.30. The van der Waals surface area contributed by atoms with Crippen LogP contribution in [0.1, 0.15) is 23.1 Å². The molecule has 0 fully saturated rings. The van der Waals surface area contributed by atoms with Crippen LogP contribution in [0.3, 0.4) is 0 Å². The van der Waals surface area contributed by atoms with Crippen LogP contribution in [0.5, 0.6) is 0 Å². The number of esters is 1. The van der Waals surface area contributed by atoms with E-state index in [9.17, 15) is 18.0 Å². The number of halogens is 3. The zero-order chi connectivity index (χ0) is 14.5. The molecular formula is C13H11F3O3. The number of aliphatic hydroxyl groups excluding tert-OH is 1. The van der Waals surface area contributed by atoms with Gasteiger partial charge in [-0.15, -0.1) is 0 Å². The molecule has 0 aliphatic rings. The van der Waals surface area contributed by atoms with Crippen molar-refractivity contribution in [3.05, 3.63) is 34.9 Å². The van der Waals surface area contributed by atoms with Crippen molar-refractivity contribution >= 4 is 5.97 Å². The third kappa shape index (κ3) is 4.30. The normalized spacial score (nSPS) is 10.6. The smallest absolute Gasteiger partial charge is 0.416 e. The van der Waals surface area contributed by atoms with Crippen molar-refractivity contribution in [2.75, 3.05) is 7.11 Å². The summed E-state index contributed by atoms with van der Waals surface area (Å²) in [7, 11) is 1.21. The lowest BCUT2D eigenvalue weighted by atomic mass is 10.0. The van der Waals surface area contributed by atoms with E-state index in [-0.39, 0.29) is 17.5 Å². The summed E-state index contributed by atoms with van der Waals surface area (Å²) in [6.07, 6.45) is -4.63. The molecule has 0 aliphatic carbocycles. The van der Waals surface area contributed by atoms with Gasteiger partial charge >= 0.3 is 12.1 Å². The third-order valence-corrected chi connectivity index (χ3v) is 2.29. The number of benzene rings is 1. The Labute approximate surface area is 108 Å². The van der Waals surface area contributed by atoms with E-state index in [2.05, 4.69) is 16.6 Å². The summed E-state index contributed by atoms with van der Waals surface area (Å²) >= 11 is 0. The summed E-state index contributed by atoms with van der Waals surface area (Å²) in [5.74, 6) is 4.46. The molecule has 0 aromatic heterocycles. The summed E-state index contributed by atoms with van der Waals surface area (Å²) in [6.45, 7) is -0.563. The van der Waals surface area contributed by atoms with Crippen LogP contribution in [0, 0.1) is 11.8 Å². The van der Waals surface area contributed by atoms with Crippen LogP contribution in [0.25, 0.3) is 0 Å². The SMILES string of the molecule is COC(=O)CC#Cc1ccc(C(F)(F)F)cc1CO. The van der Waals surface area contributed by atoms with Gasteiger partial charge in [0.2, 0.25) is 0 Å². The molecule has 0 bridgehead atoms. The first kappa shape index (κ1) is 15.1. The number of hydrogen-bond donors (Lipinski definition) is 1. The van der Waals surface area contributed by atoms with E-state index in [1.807, 2.05) is 0 Å². The van der Waals surface area contributed by atoms with Crippen molar-refractivity contribution in [2.24, 2.45) is 0 Å². The van der Waals surface area contributed by atoms with Crippen molar-refractivity contribution < 1.29 is 27.8 Å². The quantitative estimate of drug-likeness (QED) is 0.662. The number of rotatable bonds is 2. The standard InChI is InChI=1S/C13H11F3O3/c1-19-12(18)4-2-3-9-5-6-11(13(14,15)16)7-10(9)8-17/h5-7,17H,4,8H2,1H3. The minimum Gasteiger partial charge on any atom is -0.468 e. The van der Waals surface area contributed by atoms with Crippen LogP contribution in [-0.4, -0.2) is 18.2 Å². The predicted molar refractivity (Wildman–Crippen MR) is 60.9 cm³/mol. The average molecular weight is 272 g/mol. The molecule has 0 spiro atoms. The molecule has 0 amide bonds. The van der Waals surface area contributed by atoms with Gasteiger partial charge in [-0.2, -0.15) is 13.2 Å². The zero-order valence-electron chi connectivity index (χ0n) is 10.0. The Morgan fingerprint density at radius 3 is 2.63 bits per heavy atom. The molecule has 1 rings (SSSR count). The number of alkyl halides is 3. The van der Waals surface area contributed by atoms with Crippen LogP contribution in [0.15, 0.2) is 18.2 Å². The van der Waals surface area contributed by atoms with E-state index in [1.165, 1.54) is 13.2 Å². The van der Waals surface area contributed by atoms with Gasteiger partial charge in [-0.05, 0) is 23.8 Å². The Bertz CT molecular complexity index is 524. The van der Waals surface area contributed by atoms with E-state index in [4.69, 9.17) is 5.11 Å². The van der Waals surface area contributed by atoms with Crippen LogP contribution < -0.4 is 0 Å². The molecule has 0 unspecified atom stereocenters. The fourth-order valence-corrected chi connectivity index (χ4v) is 1.31. The van der Waals surface area contributed by atoms with Gasteiger partial charge in [0.05, 0.1) is 19.3 Å². The number of aliphatic hydroxyl groups is 1. The number of carbonyl (C=O) groups is 1. The molecule has 1 aromatic rings. The van der Waals surface area contributed by atoms with Gasteiger partial charge in [0, 0.05) is 5.56 Å². The molecular weight excluding hydrogens is 261 g/mol. The highest BCUT2D eigenvalue weighted by atomic mass is 19.4. The van der Waals surface area contributed by atoms with Crippen molar-refractivity contribution in [3.8, 4) is 11.8 Å². The summed E-state index contributed by atoms with van der Waals surface area (Å²) < 4.78 is 41.8. The first-order valence-corrected chi connectivity index (χ1v) is 5.25. The summed E-state index contributed by atoms with van der Waals surface area (Å²) in [6, 6.07) is 2.88. The maximum Gasteiger partial charge on any atom is 0.416 e. The lowest BCUT2D eigenvalue weighted by molar-refractivity contribution is -0.139. The second-order valence-corrected chi connectivity index (χ2v) is 3.58. The Morgan fingerprint density at radius 2 is 2.11 bits per heavy atom. The largest absolute Gasteiger partial charge is 0.468 e.